The number of anilines is 1. The molecule has 0 aromatic heterocycles. The van der Waals surface area contributed by atoms with E-state index in [4.69, 9.17) is 0 Å². The van der Waals surface area contributed by atoms with Crippen LogP contribution < -0.4 is 5.32 Å². The van der Waals surface area contributed by atoms with Crippen LogP contribution in [0.5, 0.6) is 0 Å². The minimum Gasteiger partial charge on any atom is -0.325 e. The van der Waals surface area contributed by atoms with Gasteiger partial charge in [0, 0.05) is 17.8 Å². The third kappa shape index (κ3) is 2.69. The molecule has 0 saturated carbocycles. The van der Waals surface area contributed by atoms with Crippen LogP contribution in [0.4, 0.5) is 10.5 Å². The Hall–Kier alpha value is -3.03. The normalized spacial score (nSPS) is 19.5. The van der Waals surface area contributed by atoms with E-state index in [2.05, 4.69) is 5.32 Å². The standard InChI is InChI=1S/C17H17N3O5/c1-3-6-19-15(23)16(24)20(17(19)25)8-13(21)10-4-5-12-11(7-10)9(2)14(22)18-12/h4-5,7,9H,3,6,8H2,1-2H3,(H,18,22)/t9-/m1/s1. The third-order valence-corrected chi connectivity index (χ3v) is 4.38. The van der Waals surface area contributed by atoms with E-state index in [9.17, 15) is 24.0 Å². The van der Waals surface area contributed by atoms with Crippen molar-refractivity contribution in [3.63, 3.8) is 0 Å². The van der Waals surface area contributed by atoms with Crippen molar-refractivity contribution < 1.29 is 24.0 Å². The van der Waals surface area contributed by atoms with Crippen LogP contribution in [0, 0.1) is 0 Å². The fourth-order valence-electron chi connectivity index (χ4n) is 2.94. The molecule has 2 heterocycles. The van der Waals surface area contributed by atoms with Gasteiger partial charge >= 0.3 is 17.8 Å². The Balaban J connectivity index is 1.79. The number of urea groups is 1. The molecule has 0 radical (unpaired) electrons. The molecular weight excluding hydrogens is 326 g/mol. The number of ketones is 1. The number of rotatable bonds is 5. The van der Waals surface area contributed by atoms with Gasteiger partial charge in [0.15, 0.2) is 5.78 Å². The zero-order valence-electron chi connectivity index (χ0n) is 13.9. The Morgan fingerprint density at radius 1 is 1.12 bits per heavy atom. The molecule has 130 valence electrons. The zero-order valence-corrected chi connectivity index (χ0v) is 13.9. The van der Waals surface area contributed by atoms with Crippen LogP contribution in [0.15, 0.2) is 18.2 Å². The average Bonchev–Trinajstić information content (AvgIpc) is 2.98. The van der Waals surface area contributed by atoms with Crippen molar-refractivity contribution in [1.82, 2.24) is 9.80 Å². The Morgan fingerprint density at radius 3 is 2.48 bits per heavy atom. The first-order valence-corrected chi connectivity index (χ1v) is 8.00. The van der Waals surface area contributed by atoms with Crippen LogP contribution in [0.3, 0.4) is 0 Å². The summed E-state index contributed by atoms with van der Waals surface area (Å²) in [5.74, 6) is -2.89. The highest BCUT2D eigenvalue weighted by atomic mass is 16.2. The highest BCUT2D eigenvalue weighted by molar-refractivity contribution is 6.45. The summed E-state index contributed by atoms with van der Waals surface area (Å²) < 4.78 is 0. The second-order valence-electron chi connectivity index (χ2n) is 6.07. The van der Waals surface area contributed by atoms with E-state index in [0.29, 0.717) is 22.6 Å². The quantitative estimate of drug-likeness (QED) is 0.490. The van der Waals surface area contributed by atoms with Crippen LogP contribution in [-0.2, 0) is 14.4 Å². The summed E-state index contributed by atoms with van der Waals surface area (Å²) in [5, 5.41) is 2.71. The maximum Gasteiger partial charge on any atom is 0.334 e. The summed E-state index contributed by atoms with van der Waals surface area (Å²) >= 11 is 0. The largest absolute Gasteiger partial charge is 0.334 e. The Morgan fingerprint density at radius 2 is 1.80 bits per heavy atom. The van der Waals surface area contributed by atoms with Gasteiger partial charge in [-0.25, -0.2) is 9.69 Å². The molecule has 2 aliphatic rings. The monoisotopic (exact) mass is 343 g/mol. The summed E-state index contributed by atoms with van der Waals surface area (Å²) in [6.07, 6.45) is 0.524. The lowest BCUT2D eigenvalue weighted by atomic mass is 9.99. The number of nitrogens with one attached hydrogen (secondary N) is 1. The van der Waals surface area contributed by atoms with E-state index in [0.717, 1.165) is 4.90 Å². The predicted molar refractivity (Wildman–Crippen MR) is 86.9 cm³/mol. The molecule has 1 N–H and O–H groups in total. The van der Waals surface area contributed by atoms with Gasteiger partial charge in [-0.2, -0.15) is 0 Å². The van der Waals surface area contributed by atoms with Gasteiger partial charge in [0.2, 0.25) is 5.91 Å². The van der Waals surface area contributed by atoms with E-state index < -0.39 is 30.2 Å². The molecule has 0 bridgehead atoms. The van der Waals surface area contributed by atoms with Crippen molar-refractivity contribution >= 4 is 35.2 Å². The summed E-state index contributed by atoms with van der Waals surface area (Å²) in [6.45, 7) is 3.14. The Kier molecular flexibility index (Phi) is 4.12. The molecule has 5 amide bonds. The lowest BCUT2D eigenvalue weighted by Gasteiger charge is -2.14. The lowest BCUT2D eigenvalue weighted by molar-refractivity contribution is -0.143. The Bertz CT molecular complexity index is 817. The molecule has 1 atom stereocenters. The van der Waals surface area contributed by atoms with Gasteiger partial charge in [-0.1, -0.05) is 6.92 Å². The van der Waals surface area contributed by atoms with Crippen molar-refractivity contribution in [2.75, 3.05) is 18.4 Å². The van der Waals surface area contributed by atoms with E-state index in [1.54, 1.807) is 26.0 Å². The van der Waals surface area contributed by atoms with Crippen LogP contribution in [0.25, 0.3) is 0 Å². The molecule has 1 aromatic rings. The molecule has 25 heavy (non-hydrogen) atoms. The minimum absolute atomic E-state index is 0.137. The zero-order chi connectivity index (χ0) is 18.3. The molecule has 1 saturated heterocycles. The van der Waals surface area contributed by atoms with Gasteiger partial charge in [-0.15, -0.1) is 0 Å². The fraction of sp³-hybridized carbons (Fsp3) is 0.353. The van der Waals surface area contributed by atoms with Crippen molar-refractivity contribution in [1.29, 1.82) is 0 Å². The van der Waals surface area contributed by atoms with E-state index in [-0.39, 0.29) is 23.9 Å². The first kappa shape index (κ1) is 16.8. The summed E-state index contributed by atoms with van der Waals surface area (Å²) in [7, 11) is 0. The number of nitrogens with zero attached hydrogens (tertiary/aromatic N) is 2. The van der Waals surface area contributed by atoms with Crippen molar-refractivity contribution in [2.24, 2.45) is 0 Å². The van der Waals surface area contributed by atoms with Crippen LogP contribution in [0.2, 0.25) is 0 Å². The topological polar surface area (TPSA) is 104 Å². The molecule has 0 aliphatic carbocycles. The molecule has 2 aliphatic heterocycles. The first-order valence-electron chi connectivity index (χ1n) is 8.00. The summed E-state index contributed by atoms with van der Waals surface area (Å²) in [4.78, 5) is 61.6. The van der Waals surface area contributed by atoms with Gasteiger partial charge in [0.05, 0.1) is 12.5 Å². The molecule has 1 aromatic carbocycles. The van der Waals surface area contributed by atoms with Gasteiger partial charge in [0.1, 0.15) is 0 Å². The predicted octanol–water partition coefficient (Wildman–Crippen LogP) is 1.13. The summed E-state index contributed by atoms with van der Waals surface area (Å²) in [5.41, 5.74) is 1.62. The van der Waals surface area contributed by atoms with Crippen LogP contribution in [0.1, 0.15) is 42.1 Å². The number of hydrogen-bond acceptors (Lipinski definition) is 5. The number of hydrogen-bond donors (Lipinski definition) is 1. The maximum atomic E-state index is 12.5. The molecule has 0 spiro atoms. The van der Waals surface area contributed by atoms with Crippen LogP contribution >= 0.6 is 0 Å². The maximum absolute atomic E-state index is 12.5. The van der Waals surface area contributed by atoms with E-state index in [1.807, 2.05) is 0 Å². The third-order valence-electron chi connectivity index (χ3n) is 4.38. The van der Waals surface area contributed by atoms with E-state index >= 15 is 0 Å². The Labute approximate surface area is 143 Å². The fourth-order valence-corrected chi connectivity index (χ4v) is 2.94. The minimum atomic E-state index is -0.988. The second kappa shape index (κ2) is 6.12. The molecule has 8 nitrogen and oxygen atoms in total. The number of amides is 5. The first-order chi connectivity index (χ1) is 11.8. The van der Waals surface area contributed by atoms with Crippen molar-refractivity contribution in [2.45, 2.75) is 26.2 Å². The van der Waals surface area contributed by atoms with Gasteiger partial charge < -0.3 is 5.32 Å². The van der Waals surface area contributed by atoms with Crippen molar-refractivity contribution in [3.8, 4) is 0 Å². The number of carbonyl (C=O) groups excluding carboxylic acids is 5. The number of Topliss-reactive ketones (excluding diaryl/α,β-unsaturated/α-hetero) is 1. The molecule has 8 heteroatoms. The lowest BCUT2D eigenvalue weighted by Crippen LogP contribution is -2.37. The van der Waals surface area contributed by atoms with Gasteiger partial charge in [-0.05, 0) is 37.1 Å². The second-order valence-corrected chi connectivity index (χ2v) is 6.07. The number of imide groups is 2. The SMILES string of the molecule is CCCN1C(=O)C(=O)N(CC(=O)c2ccc3c(c2)[C@@H](C)C(=O)N3)C1=O. The number of carbonyl (C=O) groups is 5. The van der Waals surface area contributed by atoms with Gasteiger partial charge in [-0.3, -0.25) is 24.1 Å². The smallest absolute Gasteiger partial charge is 0.325 e. The highest BCUT2D eigenvalue weighted by Gasteiger charge is 2.44. The highest BCUT2D eigenvalue weighted by Crippen LogP contribution is 2.32. The molecule has 0 unspecified atom stereocenters. The molecule has 3 rings (SSSR count). The van der Waals surface area contributed by atoms with E-state index in [1.165, 1.54) is 6.07 Å². The average molecular weight is 343 g/mol. The molecular formula is C17H17N3O5. The van der Waals surface area contributed by atoms with Crippen molar-refractivity contribution in [3.05, 3.63) is 29.3 Å². The van der Waals surface area contributed by atoms with Gasteiger partial charge in [0.25, 0.3) is 0 Å². The summed E-state index contributed by atoms with van der Waals surface area (Å²) in [6, 6.07) is 3.95. The molecule has 1 fully saturated rings. The number of benzene rings is 1. The number of fused-ring (bicyclic) bond motifs is 1. The van der Waals surface area contributed by atoms with Crippen LogP contribution in [-0.4, -0.2) is 52.4 Å².